The van der Waals surface area contributed by atoms with Crippen molar-refractivity contribution >= 4 is 28.8 Å². The molecule has 0 aliphatic carbocycles. The fraction of sp³-hybridized carbons (Fsp3) is 0.154. The highest BCUT2D eigenvalue weighted by molar-refractivity contribution is 6.46. The molecule has 1 aliphatic rings. The molecule has 1 heterocycles. The highest BCUT2D eigenvalue weighted by Crippen LogP contribution is 2.35. The molecule has 0 aromatic heterocycles. The highest BCUT2D eigenvalue weighted by Gasteiger charge is 2.40. The molecule has 1 N–H and O–H groups in total. The standard InChI is InChI=1S/C26H23FN2O2/c1-4-18-6-12-21(13-7-18)29-25(30)23(22-14-5-16(2)15-17(22)3)24(26(29)31)28-20-10-8-19(27)9-11-20/h5-15,28H,4H2,1-3H3. The largest absolute Gasteiger partial charge is 0.350 e. The number of halogens is 1. The second kappa shape index (κ2) is 8.19. The van der Waals surface area contributed by atoms with Gasteiger partial charge in [-0.05, 0) is 73.4 Å². The molecule has 4 nitrogen and oxygen atoms in total. The summed E-state index contributed by atoms with van der Waals surface area (Å²) in [6, 6.07) is 18.9. The number of carbonyl (C=O) groups is 2. The van der Waals surface area contributed by atoms with Gasteiger partial charge in [0.2, 0.25) is 0 Å². The molecule has 0 bridgehead atoms. The molecule has 4 rings (SSSR count). The number of benzene rings is 3. The van der Waals surface area contributed by atoms with Crippen molar-refractivity contribution in [3.05, 3.63) is 100 Å². The number of nitrogens with zero attached hydrogens (tertiary/aromatic N) is 1. The van der Waals surface area contributed by atoms with E-state index >= 15 is 0 Å². The van der Waals surface area contributed by atoms with E-state index in [-0.39, 0.29) is 17.4 Å². The van der Waals surface area contributed by atoms with Gasteiger partial charge < -0.3 is 5.32 Å². The van der Waals surface area contributed by atoms with E-state index in [1.165, 1.54) is 17.0 Å². The Morgan fingerprint density at radius 3 is 2.16 bits per heavy atom. The maximum absolute atomic E-state index is 13.5. The predicted molar refractivity (Wildman–Crippen MR) is 121 cm³/mol. The van der Waals surface area contributed by atoms with Crippen molar-refractivity contribution in [1.29, 1.82) is 0 Å². The fourth-order valence-electron chi connectivity index (χ4n) is 3.78. The van der Waals surface area contributed by atoms with Gasteiger partial charge in [-0.25, -0.2) is 9.29 Å². The Kier molecular flexibility index (Phi) is 5.42. The number of carbonyl (C=O) groups excluding carboxylic acids is 2. The number of imide groups is 1. The van der Waals surface area contributed by atoms with Crippen LogP contribution in [0.15, 0.2) is 72.4 Å². The number of rotatable bonds is 5. The van der Waals surface area contributed by atoms with Gasteiger partial charge in [-0.3, -0.25) is 9.59 Å². The van der Waals surface area contributed by atoms with Gasteiger partial charge in [0.05, 0.1) is 11.3 Å². The average molecular weight is 414 g/mol. The smallest absolute Gasteiger partial charge is 0.282 e. The Morgan fingerprint density at radius 1 is 0.871 bits per heavy atom. The monoisotopic (exact) mass is 414 g/mol. The molecule has 3 aromatic carbocycles. The topological polar surface area (TPSA) is 49.4 Å². The number of anilines is 2. The van der Waals surface area contributed by atoms with Crippen LogP contribution in [-0.4, -0.2) is 11.8 Å². The summed E-state index contributed by atoms with van der Waals surface area (Å²) < 4.78 is 13.3. The van der Waals surface area contributed by atoms with Gasteiger partial charge in [0.25, 0.3) is 11.8 Å². The van der Waals surface area contributed by atoms with Crippen LogP contribution in [0.4, 0.5) is 15.8 Å². The second-order valence-electron chi connectivity index (χ2n) is 7.67. The SMILES string of the molecule is CCc1ccc(N2C(=O)C(Nc3ccc(F)cc3)=C(c3ccc(C)cc3C)C2=O)cc1. The lowest BCUT2D eigenvalue weighted by Crippen LogP contribution is -2.32. The summed E-state index contributed by atoms with van der Waals surface area (Å²) in [6.45, 7) is 5.94. The Bertz CT molecular complexity index is 1200. The van der Waals surface area contributed by atoms with Crippen LogP contribution in [-0.2, 0) is 16.0 Å². The zero-order valence-corrected chi connectivity index (χ0v) is 17.7. The maximum Gasteiger partial charge on any atom is 0.282 e. The van der Waals surface area contributed by atoms with Gasteiger partial charge in [-0.15, -0.1) is 0 Å². The molecule has 3 aromatic rings. The van der Waals surface area contributed by atoms with E-state index in [0.717, 1.165) is 23.1 Å². The first-order valence-corrected chi connectivity index (χ1v) is 10.2. The minimum absolute atomic E-state index is 0.183. The Morgan fingerprint density at radius 2 is 1.55 bits per heavy atom. The number of hydrogen-bond acceptors (Lipinski definition) is 3. The van der Waals surface area contributed by atoms with Crippen LogP contribution in [0.2, 0.25) is 0 Å². The lowest BCUT2D eigenvalue weighted by Gasteiger charge is -2.16. The van der Waals surface area contributed by atoms with Gasteiger partial charge in [-0.2, -0.15) is 0 Å². The van der Waals surface area contributed by atoms with Gasteiger partial charge in [0, 0.05) is 5.69 Å². The molecule has 156 valence electrons. The van der Waals surface area contributed by atoms with Crippen molar-refractivity contribution < 1.29 is 14.0 Å². The lowest BCUT2D eigenvalue weighted by molar-refractivity contribution is -0.120. The highest BCUT2D eigenvalue weighted by atomic mass is 19.1. The zero-order chi connectivity index (χ0) is 22.1. The molecule has 1 aliphatic heterocycles. The first-order valence-electron chi connectivity index (χ1n) is 10.2. The first-order chi connectivity index (χ1) is 14.9. The van der Waals surface area contributed by atoms with Crippen LogP contribution in [0.3, 0.4) is 0 Å². The molecule has 0 spiro atoms. The maximum atomic E-state index is 13.5. The lowest BCUT2D eigenvalue weighted by atomic mass is 9.97. The molecular weight excluding hydrogens is 391 g/mol. The molecule has 0 unspecified atom stereocenters. The van der Waals surface area contributed by atoms with E-state index in [9.17, 15) is 14.0 Å². The first kappa shape index (κ1) is 20.5. The van der Waals surface area contributed by atoms with E-state index in [1.807, 2.05) is 51.1 Å². The van der Waals surface area contributed by atoms with Gasteiger partial charge >= 0.3 is 0 Å². The third kappa shape index (κ3) is 3.87. The summed E-state index contributed by atoms with van der Waals surface area (Å²) >= 11 is 0. The van der Waals surface area contributed by atoms with E-state index in [4.69, 9.17) is 0 Å². The zero-order valence-electron chi connectivity index (χ0n) is 17.7. The third-order valence-electron chi connectivity index (χ3n) is 5.45. The van der Waals surface area contributed by atoms with E-state index in [0.29, 0.717) is 22.5 Å². The summed E-state index contributed by atoms with van der Waals surface area (Å²) in [6.07, 6.45) is 0.867. The van der Waals surface area contributed by atoms with Crippen molar-refractivity contribution in [2.75, 3.05) is 10.2 Å². The number of amides is 2. The van der Waals surface area contributed by atoms with Crippen LogP contribution in [0.25, 0.3) is 5.57 Å². The number of aryl methyl sites for hydroxylation is 3. The van der Waals surface area contributed by atoms with Crippen molar-refractivity contribution in [2.24, 2.45) is 0 Å². The Labute approximate surface area is 181 Å². The molecule has 0 radical (unpaired) electrons. The van der Waals surface area contributed by atoms with Crippen molar-refractivity contribution in [3.63, 3.8) is 0 Å². The van der Waals surface area contributed by atoms with E-state index in [2.05, 4.69) is 5.32 Å². The van der Waals surface area contributed by atoms with Gasteiger partial charge in [0.1, 0.15) is 11.5 Å². The molecule has 0 atom stereocenters. The summed E-state index contributed by atoms with van der Waals surface area (Å²) in [5.41, 5.74) is 5.33. The van der Waals surface area contributed by atoms with Crippen LogP contribution in [0.5, 0.6) is 0 Å². The molecule has 31 heavy (non-hydrogen) atoms. The van der Waals surface area contributed by atoms with E-state index < -0.39 is 5.91 Å². The molecule has 0 fully saturated rings. The molecule has 2 amide bonds. The van der Waals surface area contributed by atoms with Gasteiger partial charge in [-0.1, -0.05) is 42.8 Å². The molecule has 0 saturated carbocycles. The molecule has 0 saturated heterocycles. The second-order valence-corrected chi connectivity index (χ2v) is 7.67. The molecular formula is C26H23FN2O2. The third-order valence-corrected chi connectivity index (χ3v) is 5.45. The van der Waals surface area contributed by atoms with Crippen LogP contribution in [0, 0.1) is 19.7 Å². The minimum Gasteiger partial charge on any atom is -0.350 e. The van der Waals surface area contributed by atoms with Gasteiger partial charge in [0.15, 0.2) is 0 Å². The fourth-order valence-corrected chi connectivity index (χ4v) is 3.78. The summed E-state index contributed by atoms with van der Waals surface area (Å²) in [5, 5.41) is 3.06. The van der Waals surface area contributed by atoms with Crippen molar-refractivity contribution in [1.82, 2.24) is 0 Å². The van der Waals surface area contributed by atoms with Crippen LogP contribution >= 0.6 is 0 Å². The predicted octanol–water partition coefficient (Wildman–Crippen LogP) is 5.40. The Balaban J connectivity index is 1.82. The summed E-state index contributed by atoms with van der Waals surface area (Å²) in [5.74, 6) is -1.19. The normalized spacial score (nSPS) is 13.9. The van der Waals surface area contributed by atoms with Crippen LogP contribution < -0.4 is 10.2 Å². The number of nitrogens with one attached hydrogen (secondary N) is 1. The average Bonchev–Trinajstić information content (AvgIpc) is 2.99. The minimum atomic E-state index is -0.437. The van der Waals surface area contributed by atoms with E-state index in [1.54, 1.807) is 24.3 Å². The quantitative estimate of drug-likeness (QED) is 0.569. The van der Waals surface area contributed by atoms with Crippen molar-refractivity contribution in [3.8, 4) is 0 Å². The molecule has 5 heteroatoms. The summed E-state index contributed by atoms with van der Waals surface area (Å²) in [7, 11) is 0. The van der Waals surface area contributed by atoms with Crippen LogP contribution in [0.1, 0.15) is 29.2 Å². The summed E-state index contributed by atoms with van der Waals surface area (Å²) in [4.78, 5) is 28.1. The number of hydrogen-bond donors (Lipinski definition) is 1. The van der Waals surface area contributed by atoms with Crippen molar-refractivity contribution in [2.45, 2.75) is 27.2 Å². The Hall–Kier alpha value is -3.73.